The number of carbonyl (C=O) groups is 1. The number of thiazole rings is 1. The molecule has 0 atom stereocenters. The number of sulfonamides is 1. The number of hydrogen-bond donors (Lipinski definition) is 1. The molecular weight excluding hydrogens is 360 g/mol. The van der Waals surface area contributed by atoms with Gasteiger partial charge < -0.3 is 4.74 Å². The van der Waals surface area contributed by atoms with Crippen molar-refractivity contribution >= 4 is 33.0 Å². The number of esters is 1. The van der Waals surface area contributed by atoms with Crippen molar-refractivity contribution in [2.45, 2.75) is 4.90 Å². The van der Waals surface area contributed by atoms with E-state index in [1.807, 2.05) is 5.38 Å². The van der Waals surface area contributed by atoms with Crippen LogP contribution in [0.4, 0.5) is 5.69 Å². The van der Waals surface area contributed by atoms with E-state index in [1.54, 1.807) is 30.5 Å². The van der Waals surface area contributed by atoms with Gasteiger partial charge in [-0.05, 0) is 48.5 Å². The molecule has 128 valence electrons. The first-order valence-electron chi connectivity index (χ1n) is 7.21. The minimum Gasteiger partial charge on any atom is -0.465 e. The van der Waals surface area contributed by atoms with Crippen LogP contribution in [0.2, 0.25) is 0 Å². The standard InChI is InChI=1S/C17H14N2O4S2/c1-23-17(20)13-4-8-15(9-5-13)25(21,22)19-14-6-2-12(3-7-14)16-18-10-11-24-16/h2-11,19H,1H3. The van der Waals surface area contributed by atoms with Gasteiger partial charge in [0.1, 0.15) is 5.01 Å². The third kappa shape index (κ3) is 3.86. The Morgan fingerprint density at radius 1 is 1.08 bits per heavy atom. The van der Waals surface area contributed by atoms with Crippen molar-refractivity contribution in [2.24, 2.45) is 0 Å². The zero-order valence-electron chi connectivity index (χ0n) is 13.2. The number of nitrogens with zero attached hydrogens (tertiary/aromatic N) is 1. The van der Waals surface area contributed by atoms with E-state index in [0.717, 1.165) is 10.6 Å². The number of hydrogen-bond acceptors (Lipinski definition) is 6. The second kappa shape index (κ2) is 7.04. The molecule has 0 aliphatic carbocycles. The van der Waals surface area contributed by atoms with Crippen LogP contribution in [-0.4, -0.2) is 26.5 Å². The minimum absolute atomic E-state index is 0.0594. The Labute approximate surface area is 149 Å². The van der Waals surface area contributed by atoms with Gasteiger partial charge in [0.05, 0.1) is 17.6 Å². The largest absolute Gasteiger partial charge is 0.465 e. The van der Waals surface area contributed by atoms with E-state index in [2.05, 4.69) is 14.4 Å². The van der Waals surface area contributed by atoms with Crippen molar-refractivity contribution in [3.8, 4) is 10.6 Å². The smallest absolute Gasteiger partial charge is 0.337 e. The van der Waals surface area contributed by atoms with Crippen LogP contribution in [0.3, 0.4) is 0 Å². The van der Waals surface area contributed by atoms with Crippen LogP contribution in [0, 0.1) is 0 Å². The molecule has 0 unspecified atom stereocenters. The summed E-state index contributed by atoms with van der Waals surface area (Å²) in [5.74, 6) is -0.519. The Bertz CT molecular complexity index is 965. The van der Waals surface area contributed by atoms with Gasteiger partial charge in [-0.2, -0.15) is 0 Å². The SMILES string of the molecule is COC(=O)c1ccc(S(=O)(=O)Nc2ccc(-c3nccs3)cc2)cc1. The number of rotatable bonds is 5. The number of aromatic nitrogens is 1. The maximum atomic E-state index is 12.4. The fourth-order valence-electron chi connectivity index (χ4n) is 2.15. The van der Waals surface area contributed by atoms with Crippen LogP contribution >= 0.6 is 11.3 Å². The highest BCUT2D eigenvalue weighted by Gasteiger charge is 2.15. The average Bonchev–Trinajstić information content (AvgIpc) is 3.16. The lowest BCUT2D eigenvalue weighted by molar-refractivity contribution is 0.0600. The summed E-state index contributed by atoms with van der Waals surface area (Å²) >= 11 is 1.51. The quantitative estimate of drug-likeness (QED) is 0.692. The summed E-state index contributed by atoms with van der Waals surface area (Å²) in [7, 11) is -2.48. The molecule has 0 amide bonds. The molecule has 8 heteroatoms. The Hall–Kier alpha value is -2.71. The molecule has 1 N–H and O–H groups in total. The number of methoxy groups -OCH3 is 1. The Balaban J connectivity index is 1.78. The zero-order valence-corrected chi connectivity index (χ0v) is 14.8. The van der Waals surface area contributed by atoms with E-state index in [-0.39, 0.29) is 10.5 Å². The molecule has 0 aliphatic rings. The molecule has 0 fully saturated rings. The molecule has 0 saturated carbocycles. The predicted octanol–water partition coefficient (Wildman–Crippen LogP) is 3.40. The summed E-state index contributed by atoms with van der Waals surface area (Å²) in [4.78, 5) is 15.7. The monoisotopic (exact) mass is 374 g/mol. The van der Waals surface area contributed by atoms with Crippen LogP contribution in [0.15, 0.2) is 65.0 Å². The molecule has 2 aromatic carbocycles. The van der Waals surface area contributed by atoms with Crippen molar-refractivity contribution in [1.82, 2.24) is 4.98 Å². The van der Waals surface area contributed by atoms with Crippen LogP contribution in [0.1, 0.15) is 10.4 Å². The Morgan fingerprint density at radius 2 is 1.76 bits per heavy atom. The first kappa shape index (κ1) is 17.1. The molecule has 0 radical (unpaired) electrons. The number of carbonyl (C=O) groups excluding carboxylic acids is 1. The Kier molecular flexibility index (Phi) is 4.82. The molecule has 1 aromatic heterocycles. The lowest BCUT2D eigenvalue weighted by atomic mass is 10.2. The second-order valence-corrected chi connectivity index (χ2v) is 7.61. The van der Waals surface area contributed by atoms with Crippen LogP contribution in [-0.2, 0) is 14.8 Å². The topological polar surface area (TPSA) is 85.4 Å². The van der Waals surface area contributed by atoms with Crippen molar-refractivity contribution in [1.29, 1.82) is 0 Å². The Morgan fingerprint density at radius 3 is 2.32 bits per heavy atom. The van der Waals surface area contributed by atoms with Gasteiger partial charge in [-0.15, -0.1) is 11.3 Å². The summed E-state index contributed by atoms with van der Waals surface area (Å²) in [6, 6.07) is 12.5. The molecule has 3 aromatic rings. The van der Waals surface area contributed by atoms with Gasteiger partial charge in [0.2, 0.25) is 0 Å². The second-order valence-electron chi connectivity index (χ2n) is 5.04. The molecule has 25 heavy (non-hydrogen) atoms. The van der Waals surface area contributed by atoms with E-state index in [4.69, 9.17) is 0 Å². The lowest BCUT2D eigenvalue weighted by Crippen LogP contribution is -2.13. The van der Waals surface area contributed by atoms with E-state index in [1.165, 1.54) is 42.7 Å². The van der Waals surface area contributed by atoms with Gasteiger partial charge in [-0.3, -0.25) is 4.72 Å². The molecular formula is C17H14N2O4S2. The van der Waals surface area contributed by atoms with E-state index < -0.39 is 16.0 Å². The highest BCUT2D eigenvalue weighted by molar-refractivity contribution is 7.92. The molecule has 0 aliphatic heterocycles. The predicted molar refractivity (Wildman–Crippen MR) is 96.1 cm³/mol. The minimum atomic E-state index is -3.74. The van der Waals surface area contributed by atoms with Crippen LogP contribution < -0.4 is 4.72 Å². The summed E-state index contributed by atoms with van der Waals surface area (Å²) < 4.78 is 32.0. The normalized spacial score (nSPS) is 11.1. The molecule has 0 saturated heterocycles. The number of nitrogens with one attached hydrogen (secondary N) is 1. The fraction of sp³-hybridized carbons (Fsp3) is 0.0588. The molecule has 0 spiro atoms. The van der Waals surface area contributed by atoms with Gasteiger partial charge in [0.25, 0.3) is 10.0 Å². The van der Waals surface area contributed by atoms with Gasteiger partial charge >= 0.3 is 5.97 Å². The van der Waals surface area contributed by atoms with Gasteiger partial charge in [-0.1, -0.05) is 0 Å². The van der Waals surface area contributed by atoms with Gasteiger partial charge in [-0.25, -0.2) is 18.2 Å². The van der Waals surface area contributed by atoms with Crippen molar-refractivity contribution in [3.05, 3.63) is 65.7 Å². The maximum Gasteiger partial charge on any atom is 0.337 e. The maximum absolute atomic E-state index is 12.4. The van der Waals surface area contributed by atoms with Crippen molar-refractivity contribution in [2.75, 3.05) is 11.8 Å². The first-order chi connectivity index (χ1) is 12.0. The highest BCUT2D eigenvalue weighted by atomic mass is 32.2. The lowest BCUT2D eigenvalue weighted by Gasteiger charge is -2.09. The average molecular weight is 374 g/mol. The first-order valence-corrected chi connectivity index (χ1v) is 9.57. The molecule has 3 rings (SSSR count). The third-order valence-corrected chi connectivity index (χ3v) is 5.62. The van der Waals surface area contributed by atoms with Crippen molar-refractivity contribution < 1.29 is 17.9 Å². The molecule has 0 bridgehead atoms. The van der Waals surface area contributed by atoms with E-state index in [0.29, 0.717) is 5.69 Å². The number of anilines is 1. The summed E-state index contributed by atoms with van der Waals surface area (Å²) in [5.41, 5.74) is 1.65. The van der Waals surface area contributed by atoms with Crippen molar-refractivity contribution in [3.63, 3.8) is 0 Å². The summed E-state index contributed by atoms with van der Waals surface area (Å²) in [5, 5.41) is 2.75. The number of benzene rings is 2. The number of ether oxygens (including phenoxy) is 1. The van der Waals surface area contributed by atoms with Gasteiger partial charge in [0, 0.05) is 22.8 Å². The van der Waals surface area contributed by atoms with E-state index >= 15 is 0 Å². The molecule has 6 nitrogen and oxygen atoms in total. The fourth-order valence-corrected chi connectivity index (χ4v) is 3.85. The molecule has 1 heterocycles. The van der Waals surface area contributed by atoms with Gasteiger partial charge in [0.15, 0.2) is 0 Å². The van der Waals surface area contributed by atoms with Crippen LogP contribution in [0.25, 0.3) is 10.6 Å². The van der Waals surface area contributed by atoms with Crippen LogP contribution in [0.5, 0.6) is 0 Å². The summed E-state index contributed by atoms with van der Waals surface area (Å²) in [6.45, 7) is 0. The third-order valence-electron chi connectivity index (χ3n) is 3.40. The summed E-state index contributed by atoms with van der Waals surface area (Å²) in [6.07, 6.45) is 1.72. The highest BCUT2D eigenvalue weighted by Crippen LogP contribution is 2.24. The van der Waals surface area contributed by atoms with E-state index in [9.17, 15) is 13.2 Å². The zero-order chi connectivity index (χ0) is 17.9.